The van der Waals surface area contributed by atoms with Crippen molar-refractivity contribution >= 4 is 11.4 Å². The molecule has 0 aliphatic carbocycles. The van der Waals surface area contributed by atoms with Crippen LogP contribution in [0.25, 0.3) is 22.3 Å². The van der Waals surface area contributed by atoms with Gasteiger partial charge in [-0.05, 0) is 66.3 Å². The predicted octanol–water partition coefficient (Wildman–Crippen LogP) is 6.62. The Morgan fingerprint density at radius 2 is 1.08 bits per heavy atom. The molecule has 0 aromatic heterocycles. The molecule has 1 heterocycles. The van der Waals surface area contributed by atoms with Gasteiger partial charge in [-0.3, -0.25) is 0 Å². The maximum atomic E-state index is 2.46. The van der Waals surface area contributed by atoms with Crippen LogP contribution in [0.1, 0.15) is 31.9 Å². The summed E-state index contributed by atoms with van der Waals surface area (Å²) in [6, 6.07) is 22.8. The van der Waals surface area contributed by atoms with E-state index < -0.39 is 0 Å². The van der Waals surface area contributed by atoms with E-state index in [0.717, 1.165) is 19.4 Å². The summed E-state index contributed by atoms with van der Waals surface area (Å²) in [5.74, 6) is 0. The highest BCUT2D eigenvalue weighted by atomic mass is 15.1. The smallest absolute Gasteiger partial charge is 0.0490 e. The van der Waals surface area contributed by atoms with Crippen molar-refractivity contribution in [3.63, 3.8) is 0 Å². The van der Waals surface area contributed by atoms with Crippen LogP contribution in [-0.4, -0.2) is 6.54 Å². The highest BCUT2D eigenvalue weighted by Crippen LogP contribution is 2.47. The van der Waals surface area contributed by atoms with Crippen LogP contribution in [0.5, 0.6) is 0 Å². The number of hydrogen-bond acceptors (Lipinski definition) is 1. The maximum Gasteiger partial charge on any atom is 0.0490 e. The van der Waals surface area contributed by atoms with Crippen molar-refractivity contribution in [1.29, 1.82) is 0 Å². The van der Waals surface area contributed by atoms with E-state index in [1.54, 1.807) is 0 Å². The van der Waals surface area contributed by atoms with Gasteiger partial charge in [0.25, 0.3) is 0 Å². The third-order valence-electron chi connectivity index (χ3n) is 5.34. The van der Waals surface area contributed by atoms with Crippen LogP contribution >= 0.6 is 0 Å². The minimum absolute atomic E-state index is 0.963. The van der Waals surface area contributed by atoms with Crippen molar-refractivity contribution in [3.05, 3.63) is 71.8 Å². The van der Waals surface area contributed by atoms with Crippen LogP contribution in [0.3, 0.4) is 0 Å². The van der Waals surface area contributed by atoms with Crippen molar-refractivity contribution in [1.82, 2.24) is 0 Å². The van der Waals surface area contributed by atoms with E-state index >= 15 is 0 Å². The van der Waals surface area contributed by atoms with E-state index in [2.05, 4.69) is 86.3 Å². The molecule has 1 aliphatic rings. The first-order chi connectivity index (χ1) is 12.3. The van der Waals surface area contributed by atoms with E-state index in [4.69, 9.17) is 0 Å². The van der Waals surface area contributed by atoms with Gasteiger partial charge in [0, 0.05) is 29.0 Å². The Hall–Kier alpha value is -2.54. The van der Waals surface area contributed by atoms with E-state index in [0.29, 0.717) is 0 Å². The molecule has 4 rings (SSSR count). The van der Waals surface area contributed by atoms with Gasteiger partial charge in [-0.1, -0.05) is 50.2 Å². The first kappa shape index (κ1) is 16.0. The number of anilines is 2. The normalized spacial score (nSPS) is 12.2. The van der Waals surface area contributed by atoms with Gasteiger partial charge in [0.05, 0.1) is 0 Å². The third-order valence-corrected chi connectivity index (χ3v) is 5.34. The van der Waals surface area contributed by atoms with Gasteiger partial charge in [0.2, 0.25) is 0 Å². The molecular weight excluding hydrogens is 302 g/mol. The van der Waals surface area contributed by atoms with E-state index in [1.165, 1.54) is 44.8 Å². The van der Waals surface area contributed by atoms with Gasteiger partial charge in [-0.25, -0.2) is 0 Å². The fourth-order valence-electron chi connectivity index (χ4n) is 3.93. The van der Waals surface area contributed by atoms with Crippen LogP contribution in [0, 0.1) is 0 Å². The van der Waals surface area contributed by atoms with Crippen molar-refractivity contribution in [3.8, 4) is 22.3 Å². The Kier molecular flexibility index (Phi) is 4.09. The second kappa shape index (κ2) is 6.40. The summed E-state index contributed by atoms with van der Waals surface area (Å²) in [6.07, 6.45) is 2.13. The maximum absolute atomic E-state index is 2.46. The summed E-state index contributed by atoms with van der Waals surface area (Å²) in [6.45, 7) is 7.66. The highest BCUT2D eigenvalue weighted by molar-refractivity contribution is 5.99. The average Bonchev–Trinajstić information content (AvgIpc) is 2.79. The second-order valence-corrected chi connectivity index (χ2v) is 6.70. The Labute approximate surface area is 150 Å². The molecule has 0 atom stereocenters. The molecule has 0 spiro atoms. The number of rotatable bonds is 3. The largest absolute Gasteiger partial charge is 0.341 e. The summed E-state index contributed by atoms with van der Waals surface area (Å²) >= 11 is 0. The molecule has 1 heteroatoms. The summed E-state index contributed by atoms with van der Waals surface area (Å²) in [4.78, 5) is 2.46. The Morgan fingerprint density at radius 3 is 1.48 bits per heavy atom. The molecule has 0 bridgehead atoms. The van der Waals surface area contributed by atoms with Crippen molar-refractivity contribution in [2.75, 3.05) is 11.4 Å². The summed E-state index contributed by atoms with van der Waals surface area (Å²) in [5, 5.41) is 0. The predicted molar refractivity (Wildman–Crippen MR) is 109 cm³/mol. The molecule has 0 radical (unpaired) electrons. The Balaban J connectivity index is 2.09. The number of fused-ring (bicyclic) bond motifs is 5. The Morgan fingerprint density at radius 1 is 0.600 bits per heavy atom. The van der Waals surface area contributed by atoms with Crippen molar-refractivity contribution < 1.29 is 0 Å². The quantitative estimate of drug-likeness (QED) is 0.522. The fourth-order valence-corrected chi connectivity index (χ4v) is 3.93. The van der Waals surface area contributed by atoms with Crippen LogP contribution in [0.4, 0.5) is 11.4 Å². The first-order valence-electron chi connectivity index (χ1n) is 9.40. The zero-order valence-corrected chi connectivity index (χ0v) is 15.3. The standard InChI is InChI=1S/C24H25N/c1-4-17-11-13-23-21(15-17)19-9-7-8-10-20(19)22-16-18(5-2)12-14-24(22)25(23)6-3/h7-16H,4-6H2,1-3H3. The van der Waals surface area contributed by atoms with Crippen molar-refractivity contribution in [2.45, 2.75) is 33.6 Å². The molecule has 0 saturated carbocycles. The fraction of sp³-hybridized carbons (Fsp3) is 0.250. The molecule has 1 nitrogen and oxygen atoms in total. The molecule has 1 aliphatic heterocycles. The van der Waals surface area contributed by atoms with Gasteiger partial charge in [-0.2, -0.15) is 0 Å². The molecule has 0 unspecified atom stereocenters. The van der Waals surface area contributed by atoms with Gasteiger partial charge in [0.1, 0.15) is 0 Å². The van der Waals surface area contributed by atoms with E-state index in [-0.39, 0.29) is 0 Å². The summed E-state index contributed by atoms with van der Waals surface area (Å²) in [7, 11) is 0. The molecule has 3 aromatic rings. The molecule has 0 N–H and O–H groups in total. The van der Waals surface area contributed by atoms with Crippen LogP contribution in [0.2, 0.25) is 0 Å². The number of benzene rings is 3. The summed E-state index contributed by atoms with van der Waals surface area (Å²) in [5.41, 5.74) is 10.8. The minimum Gasteiger partial charge on any atom is -0.341 e. The van der Waals surface area contributed by atoms with E-state index in [9.17, 15) is 0 Å². The van der Waals surface area contributed by atoms with Gasteiger partial charge in [0.15, 0.2) is 0 Å². The molecular formula is C24H25N. The van der Waals surface area contributed by atoms with Crippen molar-refractivity contribution in [2.24, 2.45) is 0 Å². The lowest BCUT2D eigenvalue weighted by molar-refractivity contribution is 1.02. The van der Waals surface area contributed by atoms with Gasteiger partial charge in [-0.15, -0.1) is 0 Å². The zero-order chi connectivity index (χ0) is 17.4. The number of aryl methyl sites for hydroxylation is 2. The first-order valence-corrected chi connectivity index (χ1v) is 9.40. The Bertz CT molecular complexity index is 849. The van der Waals surface area contributed by atoms with Gasteiger partial charge >= 0.3 is 0 Å². The number of hydrogen-bond donors (Lipinski definition) is 0. The lowest BCUT2D eigenvalue weighted by Gasteiger charge is -2.26. The molecule has 3 aromatic carbocycles. The SMILES string of the molecule is CCc1ccc2c(c1)-c1ccccc1-c1cc(CC)ccc1N2CC. The minimum atomic E-state index is 0.963. The highest BCUT2D eigenvalue weighted by Gasteiger charge is 2.24. The zero-order valence-electron chi connectivity index (χ0n) is 15.3. The lowest BCUT2D eigenvalue weighted by Crippen LogP contribution is -2.16. The second-order valence-electron chi connectivity index (χ2n) is 6.70. The molecule has 0 amide bonds. The van der Waals surface area contributed by atoms with E-state index in [1.807, 2.05) is 0 Å². The monoisotopic (exact) mass is 327 g/mol. The molecule has 25 heavy (non-hydrogen) atoms. The third kappa shape index (κ3) is 2.55. The average molecular weight is 327 g/mol. The van der Waals surface area contributed by atoms with Gasteiger partial charge < -0.3 is 4.90 Å². The molecule has 0 fully saturated rings. The van der Waals surface area contributed by atoms with Crippen LogP contribution < -0.4 is 4.90 Å². The lowest BCUT2D eigenvalue weighted by atomic mass is 9.92. The molecule has 126 valence electrons. The van der Waals surface area contributed by atoms with Crippen LogP contribution in [0.15, 0.2) is 60.7 Å². The summed E-state index contributed by atoms with van der Waals surface area (Å²) < 4.78 is 0. The van der Waals surface area contributed by atoms with Crippen LogP contribution in [-0.2, 0) is 12.8 Å². The number of nitrogens with zero attached hydrogens (tertiary/aromatic N) is 1. The topological polar surface area (TPSA) is 3.24 Å². The molecule has 0 saturated heterocycles.